The molecule has 0 aliphatic carbocycles. The molecule has 27 heavy (non-hydrogen) atoms. The highest BCUT2D eigenvalue weighted by molar-refractivity contribution is 5.79. The topological polar surface area (TPSA) is 84.3 Å². The van der Waals surface area contributed by atoms with Crippen LogP contribution in [0, 0.1) is 0 Å². The first kappa shape index (κ1) is 20.2. The van der Waals surface area contributed by atoms with Gasteiger partial charge in [-0.25, -0.2) is 0 Å². The number of rotatable bonds is 8. The van der Waals surface area contributed by atoms with E-state index in [1.54, 1.807) is 46.6 Å². The van der Waals surface area contributed by atoms with Crippen molar-refractivity contribution < 1.29 is 19.3 Å². The van der Waals surface area contributed by atoms with Crippen molar-refractivity contribution in [3.05, 3.63) is 47.5 Å². The summed E-state index contributed by atoms with van der Waals surface area (Å²) in [5.74, 6) is 2.98. The zero-order chi connectivity index (χ0) is 19.6. The van der Waals surface area contributed by atoms with Crippen LogP contribution in [0.2, 0.25) is 0 Å². The third-order valence-electron chi connectivity index (χ3n) is 4.11. The summed E-state index contributed by atoms with van der Waals surface area (Å²) in [6, 6.07) is 11.0. The van der Waals surface area contributed by atoms with E-state index in [2.05, 4.69) is 15.6 Å². The number of aromatic hydroxyl groups is 1. The summed E-state index contributed by atoms with van der Waals surface area (Å²) >= 11 is 0. The number of nitrogens with one attached hydrogen (secondary N) is 2. The number of hydrogen-bond acceptors (Lipinski definition) is 5. The smallest absolute Gasteiger partial charge is 0.191 e. The number of nitrogens with zero attached hydrogens (tertiary/aromatic N) is 1. The molecule has 0 atom stereocenters. The second kappa shape index (κ2) is 10.2. The van der Waals surface area contributed by atoms with E-state index in [1.807, 2.05) is 18.2 Å². The van der Waals surface area contributed by atoms with Gasteiger partial charge in [-0.05, 0) is 42.3 Å². The Morgan fingerprint density at radius 1 is 0.963 bits per heavy atom. The van der Waals surface area contributed by atoms with Crippen molar-refractivity contribution in [3.63, 3.8) is 0 Å². The maximum Gasteiger partial charge on any atom is 0.191 e. The fourth-order valence-corrected chi connectivity index (χ4v) is 2.59. The summed E-state index contributed by atoms with van der Waals surface area (Å²) in [5, 5.41) is 16.4. The van der Waals surface area contributed by atoms with Crippen LogP contribution in [0.3, 0.4) is 0 Å². The summed E-state index contributed by atoms with van der Waals surface area (Å²) in [7, 11) is 6.55. The summed E-state index contributed by atoms with van der Waals surface area (Å²) in [6.07, 6.45) is 0.797. The monoisotopic (exact) mass is 373 g/mol. The van der Waals surface area contributed by atoms with E-state index in [0.29, 0.717) is 36.3 Å². The predicted octanol–water partition coefficient (Wildman–Crippen LogP) is 2.33. The lowest BCUT2D eigenvalue weighted by molar-refractivity contribution is 0.354. The number of methoxy groups -OCH3 is 3. The summed E-state index contributed by atoms with van der Waals surface area (Å²) in [4.78, 5) is 4.20. The van der Waals surface area contributed by atoms with Crippen LogP contribution in [0.25, 0.3) is 0 Å². The molecule has 0 unspecified atom stereocenters. The molecule has 0 amide bonds. The molecule has 7 nitrogen and oxygen atoms in total. The van der Waals surface area contributed by atoms with Crippen molar-refractivity contribution in [2.75, 3.05) is 34.9 Å². The van der Waals surface area contributed by atoms with Crippen LogP contribution in [-0.4, -0.2) is 46.0 Å². The van der Waals surface area contributed by atoms with Gasteiger partial charge in [0.25, 0.3) is 0 Å². The van der Waals surface area contributed by atoms with E-state index in [9.17, 15) is 5.11 Å². The van der Waals surface area contributed by atoms with Gasteiger partial charge < -0.3 is 30.0 Å². The van der Waals surface area contributed by atoms with Crippen LogP contribution < -0.4 is 24.8 Å². The lowest BCUT2D eigenvalue weighted by atomic mass is 10.1. The number of guanidine groups is 1. The molecule has 146 valence electrons. The maximum absolute atomic E-state index is 9.96. The molecule has 0 heterocycles. The van der Waals surface area contributed by atoms with Gasteiger partial charge in [0.1, 0.15) is 11.5 Å². The molecule has 3 N–H and O–H groups in total. The largest absolute Gasteiger partial charge is 0.508 e. The molecule has 0 aliphatic rings. The van der Waals surface area contributed by atoms with Crippen molar-refractivity contribution in [3.8, 4) is 23.0 Å². The van der Waals surface area contributed by atoms with Gasteiger partial charge in [-0.3, -0.25) is 4.99 Å². The minimum Gasteiger partial charge on any atom is -0.508 e. The summed E-state index contributed by atoms with van der Waals surface area (Å²) < 4.78 is 15.8. The highest BCUT2D eigenvalue weighted by Gasteiger charge is 2.07. The summed E-state index contributed by atoms with van der Waals surface area (Å²) in [6.45, 7) is 1.12. The van der Waals surface area contributed by atoms with Gasteiger partial charge in [-0.2, -0.15) is 0 Å². The first-order chi connectivity index (χ1) is 13.1. The van der Waals surface area contributed by atoms with Crippen LogP contribution in [-0.2, 0) is 13.0 Å². The Balaban J connectivity index is 1.87. The second-order valence-corrected chi connectivity index (χ2v) is 5.79. The zero-order valence-corrected chi connectivity index (χ0v) is 16.2. The molecule has 2 aromatic rings. The standard InChI is InChI=1S/C20H27N3O4/c1-21-20(23-13-15-12-16(25-2)6-7-17(15)24)22-10-9-14-5-8-18(26-3)19(11-14)27-4/h5-8,11-12,24H,9-10,13H2,1-4H3,(H2,21,22,23). The Morgan fingerprint density at radius 2 is 1.74 bits per heavy atom. The quantitative estimate of drug-likeness (QED) is 0.487. The van der Waals surface area contributed by atoms with Crippen molar-refractivity contribution in [2.45, 2.75) is 13.0 Å². The van der Waals surface area contributed by atoms with Gasteiger partial charge in [-0.15, -0.1) is 0 Å². The van der Waals surface area contributed by atoms with Crippen LogP contribution in [0.4, 0.5) is 0 Å². The van der Waals surface area contributed by atoms with E-state index in [1.165, 1.54) is 0 Å². The molecule has 2 rings (SSSR count). The van der Waals surface area contributed by atoms with Gasteiger partial charge >= 0.3 is 0 Å². The van der Waals surface area contributed by atoms with Crippen LogP contribution in [0.1, 0.15) is 11.1 Å². The molecular weight excluding hydrogens is 346 g/mol. The van der Waals surface area contributed by atoms with Crippen molar-refractivity contribution >= 4 is 5.96 Å². The fourth-order valence-electron chi connectivity index (χ4n) is 2.59. The highest BCUT2D eigenvalue weighted by Crippen LogP contribution is 2.27. The predicted molar refractivity (Wildman–Crippen MR) is 106 cm³/mol. The average Bonchev–Trinajstić information content (AvgIpc) is 2.71. The van der Waals surface area contributed by atoms with E-state index < -0.39 is 0 Å². The lowest BCUT2D eigenvalue weighted by Crippen LogP contribution is -2.37. The molecule has 0 radical (unpaired) electrons. The fraction of sp³-hybridized carbons (Fsp3) is 0.350. The normalized spacial score (nSPS) is 11.0. The molecule has 0 aliphatic heterocycles. The number of hydrogen-bond donors (Lipinski definition) is 3. The third-order valence-corrected chi connectivity index (χ3v) is 4.11. The Kier molecular flexibility index (Phi) is 7.61. The molecule has 0 saturated heterocycles. The van der Waals surface area contributed by atoms with Crippen molar-refractivity contribution in [2.24, 2.45) is 4.99 Å². The average molecular weight is 373 g/mol. The number of phenolic OH excluding ortho intramolecular Hbond substituents is 1. The number of aliphatic imine (C=N–C) groups is 1. The maximum atomic E-state index is 9.96. The molecule has 7 heteroatoms. The Hall–Kier alpha value is -3.09. The Morgan fingerprint density at radius 3 is 2.41 bits per heavy atom. The molecule has 0 spiro atoms. The van der Waals surface area contributed by atoms with Gasteiger partial charge in [0.2, 0.25) is 0 Å². The third kappa shape index (κ3) is 5.70. The first-order valence-electron chi connectivity index (χ1n) is 8.62. The number of ether oxygens (including phenoxy) is 3. The molecule has 0 saturated carbocycles. The molecule has 0 fully saturated rings. The Bertz CT molecular complexity index is 778. The minimum atomic E-state index is 0.212. The van der Waals surface area contributed by atoms with Gasteiger partial charge in [-0.1, -0.05) is 6.07 Å². The number of phenols is 1. The lowest BCUT2D eigenvalue weighted by Gasteiger charge is -2.14. The van der Waals surface area contributed by atoms with Crippen LogP contribution in [0.15, 0.2) is 41.4 Å². The molecule has 0 aromatic heterocycles. The van der Waals surface area contributed by atoms with Crippen LogP contribution >= 0.6 is 0 Å². The number of benzene rings is 2. The molecule has 2 aromatic carbocycles. The van der Waals surface area contributed by atoms with E-state index in [0.717, 1.165) is 17.5 Å². The van der Waals surface area contributed by atoms with Crippen molar-refractivity contribution in [1.82, 2.24) is 10.6 Å². The van der Waals surface area contributed by atoms with E-state index in [4.69, 9.17) is 14.2 Å². The van der Waals surface area contributed by atoms with Crippen LogP contribution in [0.5, 0.6) is 23.0 Å². The van der Waals surface area contributed by atoms with Crippen molar-refractivity contribution in [1.29, 1.82) is 0 Å². The van der Waals surface area contributed by atoms with E-state index >= 15 is 0 Å². The minimum absolute atomic E-state index is 0.212. The van der Waals surface area contributed by atoms with E-state index in [-0.39, 0.29) is 5.75 Å². The van der Waals surface area contributed by atoms with Gasteiger partial charge in [0.05, 0.1) is 21.3 Å². The Labute approximate surface area is 160 Å². The van der Waals surface area contributed by atoms with Gasteiger partial charge in [0.15, 0.2) is 17.5 Å². The molecular formula is C20H27N3O4. The summed E-state index contributed by atoms with van der Waals surface area (Å²) in [5.41, 5.74) is 1.86. The molecule has 0 bridgehead atoms. The van der Waals surface area contributed by atoms with Gasteiger partial charge in [0, 0.05) is 25.7 Å². The SMILES string of the molecule is CN=C(NCCc1ccc(OC)c(OC)c1)NCc1cc(OC)ccc1O. The second-order valence-electron chi connectivity index (χ2n) is 5.79. The highest BCUT2D eigenvalue weighted by atomic mass is 16.5. The zero-order valence-electron chi connectivity index (χ0n) is 16.2. The first-order valence-corrected chi connectivity index (χ1v) is 8.62.